The van der Waals surface area contributed by atoms with Gasteiger partial charge in [-0.05, 0) is 71.4 Å². The summed E-state index contributed by atoms with van der Waals surface area (Å²) in [5.74, 6) is 0.633. The second-order valence-electron chi connectivity index (χ2n) is 8.26. The second kappa shape index (κ2) is 8.82. The first-order valence-corrected chi connectivity index (χ1v) is 10.7. The predicted octanol–water partition coefficient (Wildman–Crippen LogP) is 5.50. The van der Waals surface area contributed by atoms with E-state index in [1.807, 2.05) is 12.1 Å². The van der Waals surface area contributed by atoms with Crippen LogP contribution in [0.15, 0.2) is 35.4 Å². The van der Waals surface area contributed by atoms with Crippen LogP contribution >= 0.6 is 0 Å². The number of hydrogen-bond acceptors (Lipinski definition) is 5. The van der Waals surface area contributed by atoms with Crippen molar-refractivity contribution in [3.63, 3.8) is 0 Å². The van der Waals surface area contributed by atoms with Crippen LogP contribution in [0.4, 0.5) is 0 Å². The number of carbonyl (C=O) groups excluding carboxylic acids is 2. The number of hydrogen-bond donors (Lipinski definition) is 0. The third kappa shape index (κ3) is 4.14. The lowest BCUT2D eigenvalue weighted by Crippen LogP contribution is -2.25. The highest BCUT2D eigenvalue weighted by Gasteiger charge is 2.36. The Hall–Kier alpha value is -3.31. The Kier molecular flexibility index (Phi) is 5.96. The van der Waals surface area contributed by atoms with Gasteiger partial charge in [-0.25, -0.2) is 0 Å². The minimum Gasteiger partial charge on any atom is -0.422 e. The van der Waals surface area contributed by atoms with Crippen LogP contribution in [0.5, 0.6) is 11.5 Å². The smallest absolute Gasteiger partial charge is 0.311 e. The molecule has 0 bridgehead atoms. The van der Waals surface area contributed by atoms with Gasteiger partial charge in [0.05, 0.1) is 0 Å². The highest BCUT2D eigenvalue weighted by Crippen LogP contribution is 2.53. The largest absolute Gasteiger partial charge is 0.422 e. The highest BCUT2D eigenvalue weighted by atomic mass is 16.6. The maximum Gasteiger partial charge on any atom is 0.311 e. The molecule has 0 saturated heterocycles. The average molecular weight is 419 g/mol. The van der Waals surface area contributed by atoms with Gasteiger partial charge in [-0.15, -0.1) is 0 Å². The number of azide groups is 1. The molecule has 31 heavy (non-hydrogen) atoms. The van der Waals surface area contributed by atoms with Gasteiger partial charge in [0, 0.05) is 30.4 Å². The summed E-state index contributed by atoms with van der Waals surface area (Å²) in [6, 6.07) is 9.98. The molecule has 4 rings (SSSR count). The Bertz CT molecular complexity index is 1090. The van der Waals surface area contributed by atoms with E-state index < -0.39 is 11.9 Å². The van der Waals surface area contributed by atoms with Crippen LogP contribution in [0.3, 0.4) is 0 Å². The summed E-state index contributed by atoms with van der Waals surface area (Å²) < 4.78 is 11.2. The molecule has 0 radical (unpaired) electrons. The lowest BCUT2D eigenvalue weighted by atomic mass is 9.67. The number of esters is 2. The molecule has 7 heteroatoms. The molecule has 2 atom stereocenters. The maximum absolute atomic E-state index is 12.3. The zero-order valence-corrected chi connectivity index (χ0v) is 17.8. The minimum absolute atomic E-state index is 0.107. The molecular weight excluding hydrogens is 394 g/mol. The normalized spacial score (nSPS) is 18.3. The number of fused-ring (bicyclic) bond motifs is 2. The molecule has 0 heterocycles. The summed E-state index contributed by atoms with van der Waals surface area (Å²) >= 11 is 0. The van der Waals surface area contributed by atoms with Crippen molar-refractivity contribution < 1.29 is 19.1 Å². The van der Waals surface area contributed by atoms with Gasteiger partial charge in [0.15, 0.2) is 11.5 Å². The van der Waals surface area contributed by atoms with Crippen LogP contribution in [0, 0.1) is 5.92 Å². The fourth-order valence-corrected chi connectivity index (χ4v) is 4.80. The number of benzene rings is 2. The van der Waals surface area contributed by atoms with E-state index in [2.05, 4.69) is 29.1 Å². The standard InChI is InChI=1S/C24H25N3O4/c1-14-8-9-16-5-3-6-18-22(16)19(14)13-17-10-11-20(24(23(17)18)30-15(2)28)31-21(29)7-4-12-26-27-25/h3,5-6,10-11,14,19H,4,7-9,12-13H2,1-2H3/t14?,19-/m0/s1. The van der Waals surface area contributed by atoms with E-state index in [9.17, 15) is 9.59 Å². The molecule has 0 aliphatic heterocycles. The van der Waals surface area contributed by atoms with Gasteiger partial charge >= 0.3 is 11.9 Å². The lowest BCUT2D eigenvalue weighted by molar-refractivity contribution is -0.136. The summed E-state index contributed by atoms with van der Waals surface area (Å²) in [5.41, 5.74) is 14.0. The van der Waals surface area contributed by atoms with Gasteiger partial charge in [0.2, 0.25) is 0 Å². The Morgan fingerprint density at radius 3 is 2.81 bits per heavy atom. The van der Waals surface area contributed by atoms with Crippen molar-refractivity contribution in [1.82, 2.24) is 0 Å². The number of carbonyl (C=O) groups is 2. The summed E-state index contributed by atoms with van der Waals surface area (Å²) in [6.45, 7) is 3.87. The first kappa shape index (κ1) is 20.9. The molecule has 0 aromatic heterocycles. The Morgan fingerprint density at radius 1 is 1.19 bits per heavy atom. The van der Waals surface area contributed by atoms with E-state index in [4.69, 9.17) is 15.0 Å². The van der Waals surface area contributed by atoms with Crippen LogP contribution in [0.25, 0.3) is 21.6 Å². The molecule has 0 amide bonds. The van der Waals surface area contributed by atoms with Crippen LogP contribution in [0.1, 0.15) is 55.7 Å². The Labute approximate surface area is 181 Å². The first-order valence-electron chi connectivity index (χ1n) is 10.7. The van der Waals surface area contributed by atoms with Crippen LogP contribution in [-0.4, -0.2) is 18.5 Å². The number of aryl methyl sites for hydroxylation is 1. The van der Waals surface area contributed by atoms with Crippen LogP contribution < -0.4 is 9.47 Å². The van der Waals surface area contributed by atoms with Crippen LogP contribution in [-0.2, 0) is 22.4 Å². The molecule has 0 saturated carbocycles. The molecule has 1 unspecified atom stereocenters. The predicted molar refractivity (Wildman–Crippen MR) is 116 cm³/mol. The summed E-state index contributed by atoms with van der Waals surface area (Å²) in [6.07, 6.45) is 3.57. The summed E-state index contributed by atoms with van der Waals surface area (Å²) in [7, 11) is 0. The topological polar surface area (TPSA) is 101 Å². The molecule has 0 spiro atoms. The van der Waals surface area contributed by atoms with E-state index in [1.54, 1.807) is 6.07 Å². The molecule has 2 aromatic carbocycles. The van der Waals surface area contributed by atoms with E-state index in [1.165, 1.54) is 24.5 Å². The SMILES string of the molecule is CC(=O)Oc1c(OC(=O)CCCN=[N+]=[N-])ccc2c1-c1cccc3c1[C@@H](C2)C(C)CC3. The van der Waals surface area contributed by atoms with E-state index in [0.29, 0.717) is 24.0 Å². The molecule has 2 aromatic rings. The average Bonchev–Trinajstić information content (AvgIpc) is 2.75. The van der Waals surface area contributed by atoms with Gasteiger partial charge in [0.1, 0.15) is 0 Å². The van der Waals surface area contributed by atoms with Crippen molar-refractivity contribution in [2.45, 2.75) is 51.9 Å². The third-order valence-corrected chi connectivity index (χ3v) is 6.21. The van der Waals surface area contributed by atoms with Gasteiger partial charge in [-0.2, -0.15) is 0 Å². The number of nitrogens with zero attached hydrogens (tertiary/aromatic N) is 3. The van der Waals surface area contributed by atoms with Gasteiger partial charge in [-0.3, -0.25) is 9.59 Å². The minimum atomic E-state index is -0.464. The zero-order chi connectivity index (χ0) is 22.0. The van der Waals surface area contributed by atoms with Crippen molar-refractivity contribution in [1.29, 1.82) is 0 Å². The number of rotatable bonds is 6. The first-order chi connectivity index (χ1) is 15.0. The molecule has 7 nitrogen and oxygen atoms in total. The molecule has 2 aliphatic carbocycles. The fraction of sp³-hybridized carbons (Fsp3) is 0.417. The maximum atomic E-state index is 12.3. The fourth-order valence-electron chi connectivity index (χ4n) is 4.80. The molecule has 0 N–H and O–H groups in total. The van der Waals surface area contributed by atoms with Gasteiger partial charge in [0.25, 0.3) is 0 Å². The monoisotopic (exact) mass is 419 g/mol. The van der Waals surface area contributed by atoms with Crippen molar-refractivity contribution in [3.8, 4) is 22.6 Å². The zero-order valence-electron chi connectivity index (χ0n) is 17.8. The van der Waals surface area contributed by atoms with Crippen molar-refractivity contribution in [3.05, 3.63) is 57.5 Å². The molecular formula is C24H25N3O4. The highest BCUT2D eigenvalue weighted by molar-refractivity contribution is 5.87. The van der Waals surface area contributed by atoms with Crippen molar-refractivity contribution in [2.75, 3.05) is 6.54 Å². The number of ether oxygens (including phenoxy) is 2. The second-order valence-corrected chi connectivity index (χ2v) is 8.26. The summed E-state index contributed by atoms with van der Waals surface area (Å²) in [5, 5.41) is 3.43. The quantitative estimate of drug-likeness (QED) is 0.154. The Morgan fingerprint density at radius 2 is 2.03 bits per heavy atom. The Balaban J connectivity index is 1.75. The van der Waals surface area contributed by atoms with Gasteiger partial charge < -0.3 is 9.47 Å². The summed E-state index contributed by atoms with van der Waals surface area (Å²) in [4.78, 5) is 26.9. The van der Waals surface area contributed by atoms with E-state index in [0.717, 1.165) is 29.5 Å². The lowest BCUT2D eigenvalue weighted by Gasteiger charge is -2.38. The van der Waals surface area contributed by atoms with Crippen molar-refractivity contribution >= 4 is 11.9 Å². The molecule has 160 valence electrons. The van der Waals surface area contributed by atoms with E-state index >= 15 is 0 Å². The van der Waals surface area contributed by atoms with Crippen LogP contribution in [0.2, 0.25) is 0 Å². The van der Waals surface area contributed by atoms with Crippen molar-refractivity contribution in [2.24, 2.45) is 11.0 Å². The van der Waals surface area contributed by atoms with E-state index in [-0.39, 0.29) is 18.7 Å². The van der Waals surface area contributed by atoms with Gasteiger partial charge in [-0.1, -0.05) is 36.3 Å². The molecule has 0 fully saturated rings. The third-order valence-electron chi connectivity index (χ3n) is 6.21. The molecule has 2 aliphatic rings.